The van der Waals surface area contributed by atoms with Crippen molar-refractivity contribution >= 4 is 21.5 Å². The van der Waals surface area contributed by atoms with Crippen LogP contribution in [0.1, 0.15) is 44.5 Å². The fourth-order valence-corrected chi connectivity index (χ4v) is 17.7. The first-order chi connectivity index (χ1) is 53.5. The van der Waals surface area contributed by atoms with Crippen LogP contribution in [0.4, 0.5) is 0 Å². The molecule has 2 aliphatic carbocycles. The number of para-hydroxylation sites is 1. The van der Waals surface area contributed by atoms with Crippen molar-refractivity contribution in [3.8, 4) is 147 Å². The Labute approximate surface area is 623 Å². The van der Waals surface area contributed by atoms with E-state index in [0.29, 0.717) is 34.9 Å². The van der Waals surface area contributed by atoms with E-state index in [1.807, 2.05) is 24.3 Å². The lowest BCUT2D eigenvalue weighted by atomic mass is 9.66. The van der Waals surface area contributed by atoms with Crippen molar-refractivity contribution in [2.75, 3.05) is 0 Å². The standard InChI is InChI=1S/C100H60N6O2/c1-3-22-61(23-4-1)64-27-20-31-70(55-64)94-103-95(105-98(104-94)73-48-52-87-91(59-73)107-89-43-18-17-42-85(89)99(87)81-38-13-9-34-77(81)78-35-10-14-39-82(78)99)71-32-21-30-67(56-71)65-28-19-29-66(54-65)68-47-51-86-90(58-68)108-92-60-74(49-53-88(92)100(86)83-40-15-11-36-79(83)80-37-12-16-41-84(80)100)97-102-93(63-25-5-2-6-26-63)101-96(106-97)72-46-50-76-69(57-72)45-44-62-24-7-8-33-75(62)76/h1-60H. The Morgan fingerprint density at radius 2 is 0.463 bits per heavy atom. The van der Waals surface area contributed by atoms with Gasteiger partial charge in [-0.25, -0.2) is 29.9 Å². The highest BCUT2D eigenvalue weighted by Crippen LogP contribution is 2.64. The van der Waals surface area contributed by atoms with E-state index in [0.717, 1.165) is 117 Å². The maximum Gasteiger partial charge on any atom is 0.164 e. The Morgan fingerprint density at radius 3 is 0.963 bits per heavy atom. The third-order valence-electron chi connectivity index (χ3n) is 22.5. The Hall–Kier alpha value is -14.3. The van der Waals surface area contributed by atoms with Crippen LogP contribution < -0.4 is 9.47 Å². The molecular formula is C100H60N6O2. The first-order valence-electron chi connectivity index (χ1n) is 36.6. The monoisotopic (exact) mass is 1380 g/mol. The van der Waals surface area contributed by atoms with Gasteiger partial charge in [0.05, 0.1) is 10.8 Å². The summed E-state index contributed by atoms with van der Waals surface area (Å²) in [6.07, 6.45) is 0. The number of rotatable bonds is 9. The third-order valence-corrected chi connectivity index (χ3v) is 22.5. The van der Waals surface area contributed by atoms with Crippen molar-refractivity contribution in [1.82, 2.24) is 29.9 Å². The molecule has 8 nitrogen and oxygen atoms in total. The minimum Gasteiger partial charge on any atom is -0.457 e. The predicted molar refractivity (Wildman–Crippen MR) is 432 cm³/mol. The number of hydrogen-bond acceptors (Lipinski definition) is 8. The smallest absolute Gasteiger partial charge is 0.164 e. The summed E-state index contributed by atoms with van der Waals surface area (Å²) in [4.78, 5) is 31.9. The maximum absolute atomic E-state index is 7.41. The third kappa shape index (κ3) is 9.43. The lowest BCUT2D eigenvalue weighted by Crippen LogP contribution is -2.32. The first kappa shape index (κ1) is 61.2. The number of ether oxygens (including phenoxy) is 2. The van der Waals surface area contributed by atoms with E-state index in [1.54, 1.807) is 0 Å². The van der Waals surface area contributed by atoms with E-state index < -0.39 is 10.8 Å². The molecule has 0 amide bonds. The minimum atomic E-state index is -0.721. The number of aromatic nitrogens is 6. The summed E-state index contributed by atoms with van der Waals surface area (Å²) in [7, 11) is 0. The summed E-state index contributed by atoms with van der Waals surface area (Å²) in [5, 5.41) is 4.70. The van der Waals surface area contributed by atoms with Crippen molar-refractivity contribution in [2.45, 2.75) is 10.8 Å². The van der Waals surface area contributed by atoms with Gasteiger partial charge in [0, 0.05) is 55.6 Å². The number of fused-ring (bicyclic) bond motifs is 21. The zero-order valence-electron chi connectivity index (χ0n) is 58.1. The van der Waals surface area contributed by atoms with E-state index in [-0.39, 0.29) is 0 Å². The Kier molecular flexibility index (Phi) is 13.7. The normalized spacial score (nSPS) is 13.3. The topological polar surface area (TPSA) is 95.8 Å². The van der Waals surface area contributed by atoms with Crippen molar-refractivity contribution in [3.63, 3.8) is 0 Å². The second kappa shape index (κ2) is 24.1. The average molecular weight is 1380 g/mol. The average Bonchev–Trinajstić information content (AvgIpc) is 1.50. The molecule has 0 radical (unpaired) electrons. The van der Waals surface area contributed by atoms with Gasteiger partial charge in [0.2, 0.25) is 0 Å². The van der Waals surface area contributed by atoms with Crippen molar-refractivity contribution in [1.29, 1.82) is 0 Å². The van der Waals surface area contributed by atoms with E-state index in [9.17, 15) is 0 Å². The Balaban J connectivity index is 0.651. The molecule has 4 heterocycles. The molecule has 0 atom stereocenters. The fourth-order valence-electron chi connectivity index (χ4n) is 17.7. The highest BCUT2D eigenvalue weighted by molar-refractivity contribution is 6.08. The molecule has 4 aliphatic rings. The van der Waals surface area contributed by atoms with Gasteiger partial charge in [-0.05, 0) is 148 Å². The number of benzene rings is 16. The van der Waals surface area contributed by atoms with Crippen LogP contribution in [0.3, 0.4) is 0 Å². The highest BCUT2D eigenvalue weighted by atomic mass is 16.5. The van der Waals surface area contributed by atoms with Crippen LogP contribution in [0.15, 0.2) is 364 Å². The molecule has 108 heavy (non-hydrogen) atoms. The van der Waals surface area contributed by atoms with Gasteiger partial charge in [-0.3, -0.25) is 0 Å². The summed E-state index contributed by atoms with van der Waals surface area (Å²) in [5.74, 6) is 6.41. The molecule has 0 saturated carbocycles. The summed E-state index contributed by atoms with van der Waals surface area (Å²) in [6.45, 7) is 0. The van der Waals surface area contributed by atoms with Gasteiger partial charge in [-0.1, -0.05) is 315 Å². The second-order valence-corrected chi connectivity index (χ2v) is 28.3. The van der Waals surface area contributed by atoms with Crippen LogP contribution in [0, 0.1) is 0 Å². The van der Waals surface area contributed by atoms with Crippen molar-refractivity contribution < 1.29 is 9.47 Å². The predicted octanol–water partition coefficient (Wildman–Crippen LogP) is 24.3. The van der Waals surface area contributed by atoms with Gasteiger partial charge in [-0.15, -0.1) is 0 Å². The molecule has 18 aromatic rings. The van der Waals surface area contributed by atoms with Gasteiger partial charge in [0.25, 0.3) is 0 Å². The van der Waals surface area contributed by atoms with Gasteiger partial charge < -0.3 is 9.47 Å². The van der Waals surface area contributed by atoms with E-state index in [1.165, 1.54) is 60.7 Å². The molecule has 0 bridgehead atoms. The Morgan fingerprint density at radius 1 is 0.167 bits per heavy atom. The molecule has 16 aromatic carbocycles. The van der Waals surface area contributed by atoms with Crippen LogP contribution in [0.25, 0.3) is 146 Å². The molecule has 2 aliphatic heterocycles. The first-order valence-corrected chi connectivity index (χ1v) is 36.6. The minimum absolute atomic E-state index is 0.530. The van der Waals surface area contributed by atoms with E-state index >= 15 is 0 Å². The molecule has 0 unspecified atom stereocenters. The summed E-state index contributed by atoms with van der Waals surface area (Å²) < 4.78 is 14.4. The van der Waals surface area contributed by atoms with Gasteiger partial charge >= 0.3 is 0 Å². The molecule has 2 spiro atoms. The van der Waals surface area contributed by atoms with Crippen molar-refractivity contribution in [3.05, 3.63) is 408 Å². The van der Waals surface area contributed by atoms with Crippen LogP contribution in [0.2, 0.25) is 0 Å². The molecule has 22 rings (SSSR count). The van der Waals surface area contributed by atoms with Gasteiger partial charge in [0.15, 0.2) is 34.9 Å². The molecule has 0 saturated heterocycles. The van der Waals surface area contributed by atoms with E-state index in [2.05, 4.69) is 340 Å². The van der Waals surface area contributed by atoms with Gasteiger partial charge in [-0.2, -0.15) is 0 Å². The zero-order chi connectivity index (χ0) is 71.0. The lowest BCUT2D eigenvalue weighted by Gasteiger charge is -2.39. The molecule has 8 heteroatoms. The second-order valence-electron chi connectivity index (χ2n) is 28.3. The van der Waals surface area contributed by atoms with Gasteiger partial charge in [0.1, 0.15) is 23.0 Å². The largest absolute Gasteiger partial charge is 0.457 e. The molecule has 502 valence electrons. The summed E-state index contributed by atoms with van der Waals surface area (Å²) in [5.41, 5.74) is 24.0. The van der Waals surface area contributed by atoms with Crippen molar-refractivity contribution in [2.24, 2.45) is 0 Å². The van der Waals surface area contributed by atoms with Crippen LogP contribution in [-0.2, 0) is 10.8 Å². The summed E-state index contributed by atoms with van der Waals surface area (Å²) in [6, 6.07) is 129. The molecule has 0 N–H and O–H groups in total. The molecule has 2 aromatic heterocycles. The fraction of sp³-hybridized carbons (Fsp3) is 0.0200. The maximum atomic E-state index is 7.41. The molecular weight excluding hydrogens is 1320 g/mol. The highest BCUT2D eigenvalue weighted by Gasteiger charge is 2.53. The number of nitrogens with zero attached hydrogens (tertiary/aromatic N) is 6. The van der Waals surface area contributed by atoms with Crippen LogP contribution in [0.5, 0.6) is 23.0 Å². The molecule has 0 fully saturated rings. The lowest BCUT2D eigenvalue weighted by molar-refractivity contribution is 0.436. The summed E-state index contributed by atoms with van der Waals surface area (Å²) >= 11 is 0. The number of hydrogen-bond donors (Lipinski definition) is 0. The van der Waals surface area contributed by atoms with E-state index in [4.69, 9.17) is 39.4 Å². The van der Waals surface area contributed by atoms with Crippen LogP contribution >= 0.6 is 0 Å². The Bertz CT molecular complexity index is 6700. The van der Waals surface area contributed by atoms with Crippen LogP contribution in [-0.4, -0.2) is 29.9 Å². The zero-order valence-corrected chi connectivity index (χ0v) is 58.1. The SMILES string of the molecule is c1ccc(-c2cccc(-c3nc(-c4cccc(-c5cccc(-c6ccc7c(c6)Oc6cc(-c8nc(-c9ccccc9)nc(-c9ccc%10c(ccc%11ccccc%11%10)c9)n8)ccc6C76c7ccccc7-c7ccccc76)c5)c4)nc(-c4ccc5c(c4)Oc4ccccc4C54c5ccccc5-c5ccccc54)n3)c2)cc1. The quantitative estimate of drug-likeness (QED) is 0.132.